The standard InChI is InChI=1S/C14H27N/c1-13(2,3)12-8-6-7-11(12)9-10-14(4,5)15/h9-12H,6-8,15H2,1-5H3/b10-9+. The van der Waals surface area contributed by atoms with Gasteiger partial charge in [-0.3, -0.25) is 0 Å². The van der Waals surface area contributed by atoms with Crippen LogP contribution in [-0.2, 0) is 0 Å². The summed E-state index contributed by atoms with van der Waals surface area (Å²) in [4.78, 5) is 0. The Balaban J connectivity index is 2.66. The van der Waals surface area contributed by atoms with Crippen molar-refractivity contribution in [2.75, 3.05) is 0 Å². The summed E-state index contributed by atoms with van der Waals surface area (Å²) in [5, 5.41) is 0. The minimum Gasteiger partial charge on any atom is -0.322 e. The second-order valence-corrected chi connectivity index (χ2v) is 6.75. The summed E-state index contributed by atoms with van der Waals surface area (Å²) in [6.07, 6.45) is 8.64. The van der Waals surface area contributed by atoms with Gasteiger partial charge >= 0.3 is 0 Å². The lowest BCUT2D eigenvalue weighted by Gasteiger charge is -2.31. The highest BCUT2D eigenvalue weighted by molar-refractivity contribution is 5.05. The Kier molecular flexibility index (Phi) is 3.65. The molecular formula is C14H27N. The van der Waals surface area contributed by atoms with Gasteiger partial charge in [0, 0.05) is 5.54 Å². The fourth-order valence-corrected chi connectivity index (χ4v) is 2.67. The van der Waals surface area contributed by atoms with E-state index in [1.54, 1.807) is 0 Å². The second kappa shape index (κ2) is 4.29. The smallest absolute Gasteiger partial charge is 0.0281 e. The fraction of sp³-hybridized carbons (Fsp3) is 0.857. The molecule has 0 spiro atoms. The SMILES string of the molecule is CC(C)(N)/C=C/C1CCCC1C(C)(C)C. The van der Waals surface area contributed by atoms with Crippen LogP contribution in [0.15, 0.2) is 12.2 Å². The van der Waals surface area contributed by atoms with E-state index in [2.05, 4.69) is 46.8 Å². The molecule has 2 atom stereocenters. The first-order valence-electron chi connectivity index (χ1n) is 6.18. The third-order valence-corrected chi connectivity index (χ3v) is 3.45. The molecule has 2 unspecified atom stereocenters. The number of allylic oxidation sites excluding steroid dienone is 1. The van der Waals surface area contributed by atoms with Crippen molar-refractivity contribution in [1.82, 2.24) is 0 Å². The minimum atomic E-state index is -0.162. The van der Waals surface area contributed by atoms with Crippen molar-refractivity contribution >= 4 is 0 Å². The largest absolute Gasteiger partial charge is 0.322 e. The average Bonchev–Trinajstić information content (AvgIpc) is 2.45. The molecule has 1 rings (SSSR count). The summed E-state index contributed by atoms with van der Waals surface area (Å²) >= 11 is 0. The lowest BCUT2D eigenvalue weighted by Crippen LogP contribution is -2.29. The van der Waals surface area contributed by atoms with Gasteiger partial charge in [-0.2, -0.15) is 0 Å². The van der Waals surface area contributed by atoms with Crippen molar-refractivity contribution in [3.63, 3.8) is 0 Å². The summed E-state index contributed by atoms with van der Waals surface area (Å²) in [6, 6.07) is 0. The molecule has 0 aliphatic heterocycles. The first kappa shape index (κ1) is 12.8. The lowest BCUT2D eigenvalue weighted by molar-refractivity contribution is 0.210. The summed E-state index contributed by atoms with van der Waals surface area (Å²) < 4.78 is 0. The molecule has 2 N–H and O–H groups in total. The van der Waals surface area contributed by atoms with Crippen LogP contribution >= 0.6 is 0 Å². The van der Waals surface area contributed by atoms with Gasteiger partial charge < -0.3 is 5.73 Å². The molecule has 0 aromatic heterocycles. The van der Waals surface area contributed by atoms with Gasteiger partial charge in [-0.05, 0) is 43.9 Å². The van der Waals surface area contributed by atoms with Crippen molar-refractivity contribution in [2.45, 2.75) is 59.4 Å². The van der Waals surface area contributed by atoms with Crippen molar-refractivity contribution in [2.24, 2.45) is 23.0 Å². The molecule has 1 heteroatoms. The van der Waals surface area contributed by atoms with Crippen LogP contribution in [0.25, 0.3) is 0 Å². The number of rotatable bonds is 2. The van der Waals surface area contributed by atoms with E-state index in [9.17, 15) is 0 Å². The molecule has 0 aromatic carbocycles. The molecule has 0 bridgehead atoms. The minimum absolute atomic E-state index is 0.162. The summed E-state index contributed by atoms with van der Waals surface area (Å²) in [5.74, 6) is 1.57. The summed E-state index contributed by atoms with van der Waals surface area (Å²) in [5.41, 5.74) is 6.25. The second-order valence-electron chi connectivity index (χ2n) is 6.75. The number of nitrogens with two attached hydrogens (primary N) is 1. The molecule has 1 aliphatic carbocycles. The Morgan fingerprint density at radius 3 is 2.13 bits per heavy atom. The van der Waals surface area contributed by atoms with E-state index < -0.39 is 0 Å². The molecule has 15 heavy (non-hydrogen) atoms. The predicted molar refractivity (Wildman–Crippen MR) is 67.7 cm³/mol. The maximum absolute atomic E-state index is 5.98. The monoisotopic (exact) mass is 209 g/mol. The van der Waals surface area contributed by atoms with Crippen LogP contribution in [0.4, 0.5) is 0 Å². The zero-order valence-corrected chi connectivity index (χ0v) is 11.0. The van der Waals surface area contributed by atoms with E-state index in [4.69, 9.17) is 5.73 Å². The topological polar surface area (TPSA) is 26.0 Å². The first-order valence-corrected chi connectivity index (χ1v) is 6.18. The van der Waals surface area contributed by atoms with Crippen LogP contribution in [0.3, 0.4) is 0 Å². The Hall–Kier alpha value is -0.300. The van der Waals surface area contributed by atoms with Crippen molar-refractivity contribution in [3.05, 3.63) is 12.2 Å². The van der Waals surface area contributed by atoms with Crippen LogP contribution in [-0.4, -0.2) is 5.54 Å². The Bertz CT molecular complexity index is 227. The Morgan fingerprint density at radius 1 is 1.07 bits per heavy atom. The van der Waals surface area contributed by atoms with Gasteiger partial charge in [-0.1, -0.05) is 39.3 Å². The van der Waals surface area contributed by atoms with Crippen LogP contribution in [0.5, 0.6) is 0 Å². The van der Waals surface area contributed by atoms with Gasteiger partial charge in [0.1, 0.15) is 0 Å². The lowest BCUT2D eigenvalue weighted by atomic mass is 9.74. The van der Waals surface area contributed by atoms with Crippen LogP contribution in [0.2, 0.25) is 0 Å². The van der Waals surface area contributed by atoms with Crippen LogP contribution in [0.1, 0.15) is 53.9 Å². The fourth-order valence-electron chi connectivity index (χ4n) is 2.67. The van der Waals surface area contributed by atoms with Crippen LogP contribution in [0, 0.1) is 17.3 Å². The quantitative estimate of drug-likeness (QED) is 0.689. The van der Waals surface area contributed by atoms with E-state index in [1.165, 1.54) is 19.3 Å². The molecule has 0 saturated heterocycles. The molecule has 1 nitrogen and oxygen atoms in total. The molecule has 88 valence electrons. The average molecular weight is 209 g/mol. The molecule has 0 aromatic rings. The van der Waals surface area contributed by atoms with Crippen LogP contribution < -0.4 is 5.73 Å². The van der Waals surface area contributed by atoms with Gasteiger partial charge in [-0.25, -0.2) is 0 Å². The molecule has 0 radical (unpaired) electrons. The van der Waals surface area contributed by atoms with Gasteiger partial charge in [0.05, 0.1) is 0 Å². The Morgan fingerprint density at radius 2 is 1.67 bits per heavy atom. The van der Waals surface area contributed by atoms with Gasteiger partial charge in [0.25, 0.3) is 0 Å². The van der Waals surface area contributed by atoms with Gasteiger partial charge in [0.15, 0.2) is 0 Å². The van der Waals surface area contributed by atoms with Gasteiger partial charge in [0.2, 0.25) is 0 Å². The van der Waals surface area contributed by atoms with E-state index in [0.717, 1.165) is 11.8 Å². The van der Waals surface area contributed by atoms with E-state index in [-0.39, 0.29) is 5.54 Å². The van der Waals surface area contributed by atoms with Gasteiger partial charge in [-0.15, -0.1) is 0 Å². The highest BCUT2D eigenvalue weighted by Gasteiger charge is 2.34. The molecule has 0 heterocycles. The zero-order chi connectivity index (χ0) is 11.7. The first-order chi connectivity index (χ1) is 6.70. The maximum atomic E-state index is 5.98. The van der Waals surface area contributed by atoms with E-state index >= 15 is 0 Å². The zero-order valence-electron chi connectivity index (χ0n) is 11.0. The predicted octanol–water partition coefficient (Wildman–Crippen LogP) is 3.74. The Labute approximate surface area is 95.1 Å². The van der Waals surface area contributed by atoms with Crippen molar-refractivity contribution in [1.29, 1.82) is 0 Å². The van der Waals surface area contributed by atoms with Crippen molar-refractivity contribution in [3.8, 4) is 0 Å². The van der Waals surface area contributed by atoms with E-state index in [1.807, 2.05) is 0 Å². The normalized spacial score (nSPS) is 28.9. The molecule has 1 fully saturated rings. The third kappa shape index (κ3) is 3.98. The third-order valence-electron chi connectivity index (χ3n) is 3.45. The maximum Gasteiger partial charge on any atom is 0.0281 e. The molecule has 0 amide bonds. The highest BCUT2D eigenvalue weighted by atomic mass is 14.7. The number of hydrogen-bond acceptors (Lipinski definition) is 1. The molecular weight excluding hydrogens is 182 g/mol. The molecule has 1 aliphatic rings. The number of hydrogen-bond donors (Lipinski definition) is 1. The summed E-state index contributed by atoms with van der Waals surface area (Å²) in [7, 11) is 0. The highest BCUT2D eigenvalue weighted by Crippen LogP contribution is 2.44. The molecule has 1 saturated carbocycles. The van der Waals surface area contributed by atoms with E-state index in [0.29, 0.717) is 5.41 Å². The summed E-state index contributed by atoms with van der Waals surface area (Å²) in [6.45, 7) is 11.2. The van der Waals surface area contributed by atoms with Crippen molar-refractivity contribution < 1.29 is 0 Å².